The molecule has 2 aliphatic rings. The molecule has 0 saturated heterocycles. The minimum atomic E-state index is -0.385. The fourth-order valence-corrected chi connectivity index (χ4v) is 2.48. The third-order valence-corrected chi connectivity index (χ3v) is 3.56. The lowest BCUT2D eigenvalue weighted by molar-refractivity contribution is -0.122. The lowest BCUT2D eigenvalue weighted by Crippen LogP contribution is -2.30. The van der Waals surface area contributed by atoms with E-state index in [0.717, 1.165) is 18.4 Å². The zero-order valence-corrected chi connectivity index (χ0v) is 10.2. The lowest BCUT2D eigenvalue weighted by Gasteiger charge is -2.14. The topological polar surface area (TPSA) is 55.4 Å². The van der Waals surface area contributed by atoms with Gasteiger partial charge in [0.2, 0.25) is 5.91 Å². The summed E-state index contributed by atoms with van der Waals surface area (Å²) >= 11 is 0. The Balaban J connectivity index is 1.95. The van der Waals surface area contributed by atoms with Gasteiger partial charge < -0.3 is 10.1 Å². The summed E-state index contributed by atoms with van der Waals surface area (Å²) in [5.41, 5.74) is 1.38. The number of ketones is 1. The molecule has 0 heterocycles. The average molecular weight is 245 g/mol. The zero-order valence-electron chi connectivity index (χ0n) is 10.2. The highest BCUT2D eigenvalue weighted by atomic mass is 16.5. The number of methoxy groups -OCH3 is 1. The van der Waals surface area contributed by atoms with Crippen molar-refractivity contribution in [2.75, 3.05) is 7.11 Å². The highest BCUT2D eigenvalue weighted by Crippen LogP contribution is 2.39. The molecule has 18 heavy (non-hydrogen) atoms. The smallest absolute Gasteiger partial charge is 0.228 e. The Kier molecular flexibility index (Phi) is 2.58. The molecule has 1 aromatic rings. The van der Waals surface area contributed by atoms with E-state index in [4.69, 9.17) is 4.74 Å². The predicted molar refractivity (Wildman–Crippen MR) is 65.8 cm³/mol. The molecular formula is C14H15NO3. The number of rotatable bonds is 3. The molecule has 4 heteroatoms. The maximum atomic E-state index is 12.2. The Bertz CT molecular complexity index is 520. The summed E-state index contributed by atoms with van der Waals surface area (Å²) in [5, 5.41) is 2.96. The zero-order chi connectivity index (χ0) is 12.7. The fraction of sp³-hybridized carbons (Fsp3) is 0.429. The van der Waals surface area contributed by atoms with Gasteiger partial charge >= 0.3 is 0 Å². The summed E-state index contributed by atoms with van der Waals surface area (Å²) in [7, 11) is 1.56. The molecule has 1 amide bonds. The third kappa shape index (κ3) is 1.78. The van der Waals surface area contributed by atoms with Crippen molar-refractivity contribution >= 4 is 11.7 Å². The van der Waals surface area contributed by atoms with Crippen LogP contribution in [-0.2, 0) is 4.79 Å². The first-order valence-electron chi connectivity index (χ1n) is 6.21. The summed E-state index contributed by atoms with van der Waals surface area (Å²) in [4.78, 5) is 24.1. The van der Waals surface area contributed by atoms with E-state index < -0.39 is 0 Å². The van der Waals surface area contributed by atoms with Gasteiger partial charge in [-0.1, -0.05) is 12.1 Å². The van der Waals surface area contributed by atoms with E-state index in [1.807, 2.05) is 0 Å². The molecule has 0 aromatic heterocycles. The van der Waals surface area contributed by atoms with E-state index in [0.29, 0.717) is 17.4 Å². The Morgan fingerprint density at radius 2 is 2.17 bits per heavy atom. The maximum Gasteiger partial charge on any atom is 0.228 e. The highest BCUT2D eigenvalue weighted by Gasteiger charge is 2.38. The molecule has 4 nitrogen and oxygen atoms in total. The second-order valence-corrected chi connectivity index (χ2v) is 4.88. The van der Waals surface area contributed by atoms with Crippen molar-refractivity contribution in [2.45, 2.75) is 31.2 Å². The van der Waals surface area contributed by atoms with Crippen LogP contribution in [-0.4, -0.2) is 24.8 Å². The molecule has 1 saturated carbocycles. The largest absolute Gasteiger partial charge is 0.496 e. The molecule has 2 aliphatic carbocycles. The highest BCUT2D eigenvalue weighted by molar-refractivity contribution is 6.07. The van der Waals surface area contributed by atoms with Crippen LogP contribution in [0.3, 0.4) is 0 Å². The average Bonchev–Trinajstić information content (AvgIpc) is 3.12. The third-order valence-electron chi connectivity index (χ3n) is 3.56. The molecule has 0 spiro atoms. The molecular weight excluding hydrogens is 230 g/mol. The standard InChI is InChI=1S/C14H15NO3/c1-18-12-4-2-3-9-11(16)7-10(13(9)12)14(17)15-8-5-6-8/h2-4,8,10H,5-7H2,1H3,(H,15,17). The van der Waals surface area contributed by atoms with Gasteiger partial charge in [-0.25, -0.2) is 0 Å². The van der Waals surface area contributed by atoms with Crippen LogP contribution in [0, 0.1) is 0 Å². The fourth-order valence-electron chi connectivity index (χ4n) is 2.48. The number of fused-ring (bicyclic) bond motifs is 1. The van der Waals surface area contributed by atoms with Gasteiger partial charge in [-0.2, -0.15) is 0 Å². The summed E-state index contributed by atoms with van der Waals surface area (Å²) in [6.07, 6.45) is 2.35. The number of hydrogen-bond acceptors (Lipinski definition) is 3. The molecule has 0 bridgehead atoms. The minimum Gasteiger partial charge on any atom is -0.496 e. The number of carbonyl (C=O) groups excluding carboxylic acids is 2. The molecule has 0 aliphatic heterocycles. The first-order valence-corrected chi connectivity index (χ1v) is 6.21. The van der Waals surface area contributed by atoms with Crippen molar-refractivity contribution in [2.24, 2.45) is 0 Å². The van der Waals surface area contributed by atoms with Crippen molar-refractivity contribution in [3.05, 3.63) is 29.3 Å². The van der Waals surface area contributed by atoms with E-state index in [-0.39, 0.29) is 24.0 Å². The van der Waals surface area contributed by atoms with Crippen LogP contribution in [0.25, 0.3) is 0 Å². The number of ether oxygens (including phenoxy) is 1. The van der Waals surface area contributed by atoms with Crippen LogP contribution >= 0.6 is 0 Å². The second kappa shape index (κ2) is 4.12. The first kappa shape index (κ1) is 11.3. The molecule has 1 unspecified atom stereocenters. The molecule has 3 rings (SSSR count). The van der Waals surface area contributed by atoms with Gasteiger partial charge in [0.15, 0.2) is 5.78 Å². The number of Topliss-reactive ketones (excluding diaryl/α,β-unsaturated/α-hetero) is 1. The van der Waals surface area contributed by atoms with Gasteiger partial charge in [-0.3, -0.25) is 9.59 Å². The number of nitrogens with one attached hydrogen (secondary N) is 1. The normalized spacial score (nSPS) is 21.6. The van der Waals surface area contributed by atoms with Crippen molar-refractivity contribution in [3.63, 3.8) is 0 Å². The van der Waals surface area contributed by atoms with Gasteiger partial charge in [0.1, 0.15) is 5.75 Å². The van der Waals surface area contributed by atoms with Crippen LogP contribution in [0.1, 0.15) is 41.1 Å². The van der Waals surface area contributed by atoms with Gasteiger partial charge in [0.05, 0.1) is 13.0 Å². The molecule has 1 N–H and O–H groups in total. The van der Waals surface area contributed by atoms with Crippen LogP contribution in [0.15, 0.2) is 18.2 Å². The van der Waals surface area contributed by atoms with E-state index >= 15 is 0 Å². The summed E-state index contributed by atoms with van der Waals surface area (Å²) in [5.74, 6) is 0.229. The Labute approximate surface area is 105 Å². The van der Waals surface area contributed by atoms with Crippen LogP contribution in [0.4, 0.5) is 0 Å². The van der Waals surface area contributed by atoms with Crippen molar-refractivity contribution in [3.8, 4) is 5.75 Å². The number of benzene rings is 1. The number of hydrogen-bond donors (Lipinski definition) is 1. The van der Waals surface area contributed by atoms with E-state index in [9.17, 15) is 9.59 Å². The second-order valence-electron chi connectivity index (χ2n) is 4.88. The number of amides is 1. The maximum absolute atomic E-state index is 12.2. The molecule has 0 radical (unpaired) electrons. The molecule has 1 atom stereocenters. The van der Waals surface area contributed by atoms with Crippen LogP contribution < -0.4 is 10.1 Å². The summed E-state index contributed by atoms with van der Waals surface area (Å²) < 4.78 is 5.27. The Morgan fingerprint density at radius 1 is 1.39 bits per heavy atom. The van der Waals surface area contributed by atoms with Gasteiger partial charge in [0, 0.05) is 23.6 Å². The van der Waals surface area contributed by atoms with Crippen LogP contribution in [0.2, 0.25) is 0 Å². The predicted octanol–water partition coefficient (Wildman–Crippen LogP) is 1.64. The van der Waals surface area contributed by atoms with Gasteiger partial charge in [0.25, 0.3) is 0 Å². The first-order chi connectivity index (χ1) is 8.70. The molecule has 1 fully saturated rings. The van der Waals surface area contributed by atoms with E-state index in [2.05, 4.69) is 5.32 Å². The van der Waals surface area contributed by atoms with Crippen molar-refractivity contribution in [1.29, 1.82) is 0 Å². The van der Waals surface area contributed by atoms with Gasteiger partial charge in [-0.05, 0) is 18.9 Å². The van der Waals surface area contributed by atoms with E-state index in [1.165, 1.54) is 0 Å². The Hall–Kier alpha value is -1.84. The summed E-state index contributed by atoms with van der Waals surface area (Å²) in [6.45, 7) is 0. The van der Waals surface area contributed by atoms with Crippen LogP contribution in [0.5, 0.6) is 5.75 Å². The lowest BCUT2D eigenvalue weighted by atomic mass is 9.99. The van der Waals surface area contributed by atoms with Crippen molar-refractivity contribution < 1.29 is 14.3 Å². The summed E-state index contributed by atoms with van der Waals surface area (Å²) in [6, 6.07) is 5.67. The van der Waals surface area contributed by atoms with E-state index in [1.54, 1.807) is 25.3 Å². The minimum absolute atomic E-state index is 0.0276. The molecule has 94 valence electrons. The number of carbonyl (C=O) groups is 2. The molecule has 1 aromatic carbocycles. The van der Waals surface area contributed by atoms with Gasteiger partial charge in [-0.15, -0.1) is 0 Å². The quantitative estimate of drug-likeness (QED) is 0.880. The monoisotopic (exact) mass is 245 g/mol. The SMILES string of the molecule is COc1cccc2c1C(C(=O)NC1CC1)CC2=O. The Morgan fingerprint density at radius 3 is 2.83 bits per heavy atom. The van der Waals surface area contributed by atoms with Crippen molar-refractivity contribution in [1.82, 2.24) is 5.32 Å².